The van der Waals surface area contributed by atoms with Gasteiger partial charge in [0.25, 0.3) is 5.91 Å². The van der Waals surface area contributed by atoms with Gasteiger partial charge in [0.05, 0.1) is 25.2 Å². The Morgan fingerprint density at radius 2 is 1.75 bits per heavy atom. The maximum Gasteiger partial charge on any atom is 0.259 e. The number of fused-ring (bicyclic) bond motifs is 1. The van der Waals surface area contributed by atoms with Crippen molar-refractivity contribution in [3.8, 4) is 11.8 Å². The third-order valence-corrected chi connectivity index (χ3v) is 3.81. The molecular weight excluding hydrogens is 300 g/mol. The molecule has 4 nitrogen and oxygen atoms in total. The number of benzene rings is 3. The minimum Gasteiger partial charge on any atom is -0.496 e. The SMILES string of the molecule is COc1cc2ccccc2cc1C(=O)Nc1ccc(CC#N)cc1. The van der Waals surface area contributed by atoms with Gasteiger partial charge in [-0.3, -0.25) is 4.79 Å². The number of hydrogen-bond donors (Lipinski definition) is 1. The van der Waals surface area contributed by atoms with Gasteiger partial charge in [-0.15, -0.1) is 0 Å². The highest BCUT2D eigenvalue weighted by atomic mass is 16.5. The molecule has 118 valence electrons. The second-order valence-electron chi connectivity index (χ2n) is 5.39. The number of amides is 1. The van der Waals surface area contributed by atoms with E-state index in [2.05, 4.69) is 11.4 Å². The first-order valence-electron chi connectivity index (χ1n) is 7.55. The minimum absolute atomic E-state index is 0.231. The van der Waals surface area contributed by atoms with Gasteiger partial charge in [-0.2, -0.15) is 5.26 Å². The van der Waals surface area contributed by atoms with Crippen molar-refractivity contribution < 1.29 is 9.53 Å². The van der Waals surface area contributed by atoms with Crippen LogP contribution in [0, 0.1) is 11.3 Å². The molecule has 0 heterocycles. The summed E-state index contributed by atoms with van der Waals surface area (Å²) in [5, 5.41) is 13.6. The van der Waals surface area contributed by atoms with E-state index in [1.54, 1.807) is 19.2 Å². The summed E-state index contributed by atoms with van der Waals surface area (Å²) in [7, 11) is 1.55. The molecule has 1 amide bonds. The summed E-state index contributed by atoms with van der Waals surface area (Å²) < 4.78 is 5.37. The molecule has 0 radical (unpaired) electrons. The monoisotopic (exact) mass is 316 g/mol. The van der Waals surface area contributed by atoms with E-state index in [0.717, 1.165) is 16.3 Å². The van der Waals surface area contributed by atoms with Crippen molar-refractivity contribution in [3.63, 3.8) is 0 Å². The van der Waals surface area contributed by atoms with E-state index in [9.17, 15) is 4.79 Å². The van der Waals surface area contributed by atoms with Crippen LogP contribution >= 0.6 is 0 Å². The molecule has 4 heteroatoms. The maximum absolute atomic E-state index is 12.6. The number of ether oxygens (including phenoxy) is 1. The van der Waals surface area contributed by atoms with Crippen LogP contribution in [0.2, 0.25) is 0 Å². The summed E-state index contributed by atoms with van der Waals surface area (Å²) in [5.41, 5.74) is 2.08. The largest absolute Gasteiger partial charge is 0.496 e. The van der Waals surface area contributed by atoms with Crippen LogP contribution in [-0.4, -0.2) is 13.0 Å². The van der Waals surface area contributed by atoms with Gasteiger partial charge in [0.1, 0.15) is 5.75 Å². The smallest absolute Gasteiger partial charge is 0.259 e. The van der Waals surface area contributed by atoms with Gasteiger partial charge in [-0.05, 0) is 40.6 Å². The van der Waals surface area contributed by atoms with Gasteiger partial charge < -0.3 is 10.1 Å². The van der Waals surface area contributed by atoms with E-state index >= 15 is 0 Å². The predicted molar refractivity (Wildman–Crippen MR) is 94.2 cm³/mol. The van der Waals surface area contributed by atoms with E-state index in [0.29, 0.717) is 23.4 Å². The fraction of sp³-hybridized carbons (Fsp3) is 0.100. The molecule has 0 aromatic heterocycles. The number of methoxy groups -OCH3 is 1. The third kappa shape index (κ3) is 3.21. The lowest BCUT2D eigenvalue weighted by Gasteiger charge is -2.11. The molecule has 0 aliphatic carbocycles. The number of carbonyl (C=O) groups excluding carboxylic acids is 1. The Labute approximate surface area is 140 Å². The van der Waals surface area contributed by atoms with Crippen LogP contribution in [0.25, 0.3) is 10.8 Å². The maximum atomic E-state index is 12.6. The molecule has 0 fully saturated rings. The molecule has 3 aromatic rings. The van der Waals surface area contributed by atoms with Gasteiger partial charge in [0.2, 0.25) is 0 Å². The average molecular weight is 316 g/mol. The summed E-state index contributed by atoms with van der Waals surface area (Å²) >= 11 is 0. The first-order chi connectivity index (χ1) is 11.7. The molecule has 0 aliphatic rings. The molecule has 0 saturated carbocycles. The highest BCUT2D eigenvalue weighted by molar-refractivity contribution is 6.08. The van der Waals surface area contributed by atoms with Crippen LogP contribution in [0.3, 0.4) is 0 Å². The van der Waals surface area contributed by atoms with Gasteiger partial charge in [-0.25, -0.2) is 0 Å². The standard InChI is InChI=1S/C20H16N2O2/c1-24-19-13-16-5-3-2-4-15(16)12-18(19)20(23)22-17-8-6-14(7-9-17)10-11-21/h2-9,12-13H,10H2,1H3,(H,22,23). The summed E-state index contributed by atoms with van der Waals surface area (Å²) in [6.07, 6.45) is 0.354. The lowest BCUT2D eigenvalue weighted by molar-refractivity contribution is 0.102. The topological polar surface area (TPSA) is 62.1 Å². The van der Waals surface area contributed by atoms with Gasteiger partial charge in [0.15, 0.2) is 0 Å². The number of nitrogens with one attached hydrogen (secondary N) is 1. The Morgan fingerprint density at radius 1 is 1.08 bits per heavy atom. The average Bonchev–Trinajstić information content (AvgIpc) is 2.62. The first kappa shape index (κ1) is 15.6. The quantitative estimate of drug-likeness (QED) is 0.786. The van der Waals surface area contributed by atoms with Crippen molar-refractivity contribution in [3.05, 3.63) is 71.8 Å². The Morgan fingerprint density at radius 3 is 2.38 bits per heavy atom. The molecule has 0 aliphatic heterocycles. The van der Waals surface area contributed by atoms with Crippen LogP contribution in [0.15, 0.2) is 60.7 Å². The van der Waals surface area contributed by atoms with Crippen LogP contribution in [-0.2, 0) is 6.42 Å². The number of hydrogen-bond acceptors (Lipinski definition) is 3. The molecule has 0 saturated heterocycles. The Hall–Kier alpha value is -3.32. The van der Waals surface area contributed by atoms with Crippen LogP contribution in [0.4, 0.5) is 5.69 Å². The summed E-state index contributed by atoms with van der Waals surface area (Å²) in [5.74, 6) is 0.304. The Balaban J connectivity index is 1.89. The predicted octanol–water partition coefficient (Wildman–Crippen LogP) is 4.17. The summed E-state index contributed by atoms with van der Waals surface area (Å²) in [6.45, 7) is 0. The molecule has 1 N–H and O–H groups in total. The molecule has 0 atom stereocenters. The van der Waals surface area contributed by atoms with E-state index in [1.807, 2.05) is 48.5 Å². The zero-order valence-corrected chi connectivity index (χ0v) is 13.2. The summed E-state index contributed by atoms with van der Waals surface area (Å²) in [4.78, 5) is 12.6. The summed E-state index contributed by atoms with van der Waals surface area (Å²) in [6, 6.07) is 20.8. The van der Waals surface area contributed by atoms with Crippen LogP contribution in [0.5, 0.6) is 5.75 Å². The Bertz CT molecular complexity index is 925. The zero-order valence-electron chi connectivity index (χ0n) is 13.2. The van der Waals surface area contributed by atoms with Gasteiger partial charge in [0, 0.05) is 5.69 Å². The molecule has 3 aromatic carbocycles. The number of nitriles is 1. The van der Waals surface area contributed by atoms with Crippen molar-refractivity contribution in [2.24, 2.45) is 0 Å². The lowest BCUT2D eigenvalue weighted by atomic mass is 10.1. The fourth-order valence-corrected chi connectivity index (χ4v) is 2.56. The Kier molecular flexibility index (Phi) is 4.44. The lowest BCUT2D eigenvalue weighted by Crippen LogP contribution is -2.13. The molecule has 0 bridgehead atoms. The normalized spacial score (nSPS) is 10.2. The number of carbonyl (C=O) groups is 1. The van der Waals surface area contributed by atoms with Crippen LogP contribution < -0.4 is 10.1 Å². The third-order valence-electron chi connectivity index (χ3n) is 3.81. The van der Waals surface area contributed by atoms with E-state index in [1.165, 1.54) is 0 Å². The molecule has 3 rings (SSSR count). The van der Waals surface area contributed by atoms with Crippen molar-refractivity contribution in [1.29, 1.82) is 5.26 Å². The number of nitrogens with zero attached hydrogens (tertiary/aromatic N) is 1. The van der Waals surface area contributed by atoms with E-state index in [4.69, 9.17) is 10.00 Å². The van der Waals surface area contributed by atoms with E-state index in [-0.39, 0.29) is 5.91 Å². The first-order valence-corrected chi connectivity index (χ1v) is 7.55. The van der Waals surface area contributed by atoms with Crippen molar-refractivity contribution in [2.45, 2.75) is 6.42 Å². The van der Waals surface area contributed by atoms with Crippen molar-refractivity contribution in [2.75, 3.05) is 12.4 Å². The van der Waals surface area contributed by atoms with Crippen molar-refractivity contribution in [1.82, 2.24) is 0 Å². The fourth-order valence-electron chi connectivity index (χ4n) is 2.56. The molecule has 0 spiro atoms. The zero-order chi connectivity index (χ0) is 16.9. The molecule has 0 unspecified atom stereocenters. The van der Waals surface area contributed by atoms with Crippen molar-refractivity contribution >= 4 is 22.4 Å². The highest BCUT2D eigenvalue weighted by Gasteiger charge is 2.14. The molecule has 24 heavy (non-hydrogen) atoms. The number of rotatable bonds is 4. The van der Waals surface area contributed by atoms with Gasteiger partial charge in [-0.1, -0.05) is 36.4 Å². The highest BCUT2D eigenvalue weighted by Crippen LogP contribution is 2.26. The second kappa shape index (κ2) is 6.84. The second-order valence-corrected chi connectivity index (χ2v) is 5.39. The number of anilines is 1. The van der Waals surface area contributed by atoms with Gasteiger partial charge >= 0.3 is 0 Å². The minimum atomic E-state index is -0.231. The van der Waals surface area contributed by atoms with E-state index < -0.39 is 0 Å². The molecular formula is C20H16N2O2. The van der Waals surface area contributed by atoms with Crippen LogP contribution in [0.1, 0.15) is 15.9 Å².